The molecule has 23 heavy (non-hydrogen) atoms. The second-order valence-electron chi connectivity index (χ2n) is 4.78. The number of amides is 2. The molecule has 0 radical (unpaired) electrons. The zero-order valence-electron chi connectivity index (χ0n) is 13.8. The fourth-order valence-corrected chi connectivity index (χ4v) is 2.36. The van der Waals surface area contributed by atoms with E-state index >= 15 is 0 Å². The normalized spacial score (nSPS) is 18.4. The van der Waals surface area contributed by atoms with E-state index < -0.39 is 24.2 Å². The maximum atomic E-state index is 12.1. The van der Waals surface area contributed by atoms with Crippen molar-refractivity contribution in [3.8, 4) is 0 Å². The topological polar surface area (TPSA) is 94.2 Å². The lowest BCUT2D eigenvalue weighted by molar-refractivity contribution is -0.137. The molecule has 1 atom stereocenters. The summed E-state index contributed by atoms with van der Waals surface area (Å²) in [7, 11) is 0. The highest BCUT2D eigenvalue weighted by molar-refractivity contribution is 5.83. The van der Waals surface area contributed by atoms with E-state index in [0.29, 0.717) is 18.4 Å². The van der Waals surface area contributed by atoms with Crippen LogP contribution in [0, 0.1) is 0 Å². The molecular weight excluding hydrogens is 304 g/mol. The summed E-state index contributed by atoms with van der Waals surface area (Å²) in [6.45, 7) is 5.67. The molecule has 1 rings (SSSR count). The van der Waals surface area contributed by atoms with Crippen LogP contribution in [0.4, 0.5) is 9.59 Å². The Balaban J connectivity index is 2.92. The Morgan fingerprint density at radius 3 is 2.39 bits per heavy atom. The van der Waals surface area contributed by atoms with E-state index in [0.717, 1.165) is 11.4 Å². The van der Waals surface area contributed by atoms with Crippen molar-refractivity contribution in [1.82, 2.24) is 10.4 Å². The van der Waals surface area contributed by atoms with Crippen molar-refractivity contribution in [2.75, 3.05) is 19.8 Å². The van der Waals surface area contributed by atoms with Crippen LogP contribution < -0.4 is 5.43 Å². The number of rotatable bonds is 5. The van der Waals surface area contributed by atoms with Crippen molar-refractivity contribution in [2.24, 2.45) is 0 Å². The molecule has 0 aliphatic heterocycles. The molecule has 2 amide bonds. The molecule has 1 N–H and O–H groups in total. The van der Waals surface area contributed by atoms with E-state index in [4.69, 9.17) is 14.2 Å². The van der Waals surface area contributed by atoms with Crippen molar-refractivity contribution >= 4 is 18.2 Å². The van der Waals surface area contributed by atoms with Crippen LogP contribution in [0.25, 0.3) is 0 Å². The van der Waals surface area contributed by atoms with Crippen LogP contribution in [-0.2, 0) is 19.0 Å². The largest absolute Gasteiger partial charge is 0.463 e. The molecule has 0 saturated heterocycles. The minimum atomic E-state index is -0.747. The van der Waals surface area contributed by atoms with Gasteiger partial charge in [-0.2, -0.15) is 0 Å². The molecule has 0 aromatic rings. The lowest BCUT2D eigenvalue weighted by atomic mass is 10.1. The molecule has 0 heterocycles. The average Bonchev–Trinajstić information content (AvgIpc) is 2.93. The summed E-state index contributed by atoms with van der Waals surface area (Å²) in [5, 5.41) is 1.08. The van der Waals surface area contributed by atoms with E-state index in [1.165, 1.54) is 6.08 Å². The Labute approximate surface area is 135 Å². The Hall–Kier alpha value is -2.25. The smallest absolute Gasteiger partial charge is 0.429 e. The lowest BCUT2D eigenvalue weighted by Gasteiger charge is -2.28. The summed E-state index contributed by atoms with van der Waals surface area (Å²) in [5.74, 6) is -0.464. The molecule has 8 nitrogen and oxygen atoms in total. The second-order valence-corrected chi connectivity index (χ2v) is 4.78. The lowest BCUT2D eigenvalue weighted by Crippen LogP contribution is -2.52. The number of hydrogen-bond donors (Lipinski definition) is 1. The molecule has 1 aliphatic carbocycles. The first-order valence-electron chi connectivity index (χ1n) is 7.80. The van der Waals surface area contributed by atoms with Crippen molar-refractivity contribution in [3.05, 3.63) is 11.6 Å². The summed E-state index contributed by atoms with van der Waals surface area (Å²) in [4.78, 5) is 35.4. The zero-order valence-corrected chi connectivity index (χ0v) is 13.8. The molecule has 0 aromatic heterocycles. The standard InChI is InChI=1S/C15H24N2O6/c1-4-21-13(18)10-11-8-7-9-12(11)17(15(20)23-6-3)16-14(19)22-5-2/h10,12H,4-9H2,1-3H3,(H,16,19)/b11-10+. The van der Waals surface area contributed by atoms with E-state index in [9.17, 15) is 14.4 Å². The number of carbonyl (C=O) groups excluding carboxylic acids is 3. The fourth-order valence-electron chi connectivity index (χ4n) is 2.36. The van der Waals surface area contributed by atoms with Crippen LogP contribution in [0.2, 0.25) is 0 Å². The van der Waals surface area contributed by atoms with Crippen molar-refractivity contribution in [1.29, 1.82) is 0 Å². The number of hydrazine groups is 1. The predicted octanol–water partition coefficient (Wildman–Crippen LogP) is 2.15. The van der Waals surface area contributed by atoms with Gasteiger partial charge in [-0.25, -0.2) is 24.8 Å². The first-order valence-corrected chi connectivity index (χ1v) is 7.80. The first kappa shape index (κ1) is 18.8. The summed E-state index contributed by atoms with van der Waals surface area (Å²) in [6.07, 6.45) is 1.97. The molecule has 130 valence electrons. The Morgan fingerprint density at radius 1 is 1.13 bits per heavy atom. The van der Waals surface area contributed by atoms with E-state index in [2.05, 4.69) is 5.43 Å². The van der Waals surface area contributed by atoms with Gasteiger partial charge in [-0.3, -0.25) is 0 Å². The summed E-state index contributed by atoms with van der Waals surface area (Å²) >= 11 is 0. The maximum Gasteiger partial charge on any atom is 0.429 e. The van der Waals surface area contributed by atoms with Gasteiger partial charge in [0.25, 0.3) is 0 Å². The van der Waals surface area contributed by atoms with Crippen LogP contribution in [0.5, 0.6) is 0 Å². The Kier molecular flexibility index (Phi) is 7.93. The molecule has 1 saturated carbocycles. The predicted molar refractivity (Wildman–Crippen MR) is 81.4 cm³/mol. The van der Waals surface area contributed by atoms with Crippen LogP contribution >= 0.6 is 0 Å². The van der Waals surface area contributed by atoms with E-state index in [1.54, 1.807) is 20.8 Å². The van der Waals surface area contributed by atoms with E-state index in [-0.39, 0.29) is 19.8 Å². The molecule has 8 heteroatoms. The Morgan fingerprint density at radius 2 is 1.78 bits per heavy atom. The van der Waals surface area contributed by atoms with Gasteiger partial charge in [0.15, 0.2) is 0 Å². The van der Waals surface area contributed by atoms with Crippen molar-refractivity contribution in [2.45, 2.75) is 46.1 Å². The fraction of sp³-hybridized carbons (Fsp3) is 0.667. The summed E-state index contributed by atoms with van der Waals surface area (Å²) in [6, 6.07) is -0.456. The quantitative estimate of drug-likeness (QED) is 0.360. The third-order valence-corrected chi connectivity index (χ3v) is 3.22. The highest BCUT2D eigenvalue weighted by Gasteiger charge is 2.33. The third kappa shape index (κ3) is 5.80. The van der Waals surface area contributed by atoms with E-state index in [1.807, 2.05) is 0 Å². The van der Waals surface area contributed by atoms with Crippen molar-refractivity contribution < 1.29 is 28.6 Å². The molecule has 1 aliphatic rings. The van der Waals surface area contributed by atoms with Gasteiger partial charge >= 0.3 is 18.2 Å². The van der Waals surface area contributed by atoms with Gasteiger partial charge in [-0.1, -0.05) is 0 Å². The first-order chi connectivity index (χ1) is 11.0. The summed E-state index contributed by atoms with van der Waals surface area (Å²) in [5.41, 5.74) is 3.10. The number of ether oxygens (including phenoxy) is 3. The summed E-state index contributed by atoms with van der Waals surface area (Å²) < 4.78 is 14.7. The van der Waals surface area contributed by atoms with Crippen LogP contribution in [0.1, 0.15) is 40.0 Å². The number of esters is 1. The average molecular weight is 328 g/mol. The zero-order chi connectivity index (χ0) is 17.2. The highest BCUT2D eigenvalue weighted by atomic mass is 16.6. The molecular formula is C15H24N2O6. The monoisotopic (exact) mass is 328 g/mol. The van der Waals surface area contributed by atoms with Gasteiger partial charge in [-0.15, -0.1) is 0 Å². The van der Waals surface area contributed by atoms with Gasteiger partial charge in [-0.05, 0) is 45.6 Å². The molecule has 1 unspecified atom stereocenters. The van der Waals surface area contributed by atoms with Gasteiger partial charge in [0, 0.05) is 6.08 Å². The van der Waals surface area contributed by atoms with Gasteiger partial charge in [0.1, 0.15) is 0 Å². The third-order valence-electron chi connectivity index (χ3n) is 3.22. The number of nitrogens with zero attached hydrogens (tertiary/aromatic N) is 1. The minimum Gasteiger partial charge on any atom is -0.463 e. The van der Waals surface area contributed by atoms with Gasteiger partial charge < -0.3 is 14.2 Å². The molecule has 1 fully saturated rings. The number of carbonyl (C=O) groups is 3. The van der Waals surface area contributed by atoms with Gasteiger partial charge in [0.2, 0.25) is 0 Å². The number of nitrogens with one attached hydrogen (secondary N) is 1. The SMILES string of the molecule is CCOC(=O)/C=C1\CCCC1N(NC(=O)OCC)C(=O)OCC. The van der Waals surface area contributed by atoms with Crippen molar-refractivity contribution in [3.63, 3.8) is 0 Å². The molecule has 0 spiro atoms. The van der Waals surface area contributed by atoms with Crippen LogP contribution in [-0.4, -0.2) is 49.0 Å². The van der Waals surface area contributed by atoms with Crippen LogP contribution in [0.15, 0.2) is 11.6 Å². The number of hydrogen-bond acceptors (Lipinski definition) is 6. The highest BCUT2D eigenvalue weighted by Crippen LogP contribution is 2.29. The molecule has 0 bridgehead atoms. The Bertz CT molecular complexity index is 463. The molecule has 0 aromatic carbocycles. The van der Waals surface area contributed by atoms with Crippen LogP contribution in [0.3, 0.4) is 0 Å². The second kappa shape index (κ2) is 9.70. The minimum absolute atomic E-state index is 0.170. The van der Waals surface area contributed by atoms with Gasteiger partial charge in [0.05, 0.1) is 25.9 Å². The maximum absolute atomic E-state index is 12.1.